The van der Waals surface area contributed by atoms with E-state index in [9.17, 15) is 14.0 Å². The Morgan fingerprint density at radius 1 is 1.27 bits per heavy atom. The number of pyridine rings is 1. The first kappa shape index (κ1) is 15.8. The summed E-state index contributed by atoms with van der Waals surface area (Å²) in [5.41, 5.74) is 0.357. The van der Waals surface area contributed by atoms with Crippen LogP contribution in [0, 0.1) is 5.82 Å². The van der Waals surface area contributed by atoms with Crippen molar-refractivity contribution in [1.82, 2.24) is 4.57 Å². The topological polar surface area (TPSA) is 51.5 Å². The van der Waals surface area contributed by atoms with E-state index in [1.807, 2.05) is 0 Å². The molecule has 0 radical (unpaired) electrons. The largest absolute Gasteiger partial charge is 0.460 e. The van der Waals surface area contributed by atoms with Crippen molar-refractivity contribution in [3.63, 3.8) is 0 Å². The molecule has 116 valence electrons. The highest BCUT2D eigenvalue weighted by atomic mass is 19.1. The lowest BCUT2D eigenvalue weighted by molar-refractivity contribution is 0.0485. The summed E-state index contributed by atoms with van der Waals surface area (Å²) in [6, 6.07) is 9.07. The molecule has 0 spiro atoms. The monoisotopic (exact) mass is 304 g/mol. The van der Waals surface area contributed by atoms with Crippen molar-refractivity contribution in [2.24, 2.45) is 0 Å². The lowest BCUT2D eigenvalue weighted by Crippen LogP contribution is -2.21. The highest BCUT2D eigenvalue weighted by Crippen LogP contribution is 2.17. The lowest BCUT2D eigenvalue weighted by atomic mass is 10.2. The van der Waals surface area contributed by atoms with Gasteiger partial charge in [0.2, 0.25) is 0 Å². The summed E-state index contributed by atoms with van der Waals surface area (Å²) in [6.45, 7) is 0.223. The van der Waals surface area contributed by atoms with Gasteiger partial charge in [-0.15, -0.1) is 0 Å². The number of rotatable bonds is 5. The Balaban J connectivity index is 1.98. The zero-order chi connectivity index (χ0) is 16.1. The zero-order valence-electron chi connectivity index (χ0n) is 12.5. The Labute approximate surface area is 127 Å². The third-order valence-electron chi connectivity index (χ3n) is 3.15. The Morgan fingerprint density at radius 3 is 2.68 bits per heavy atom. The quantitative estimate of drug-likeness (QED) is 0.792. The van der Waals surface area contributed by atoms with Crippen molar-refractivity contribution < 1.29 is 13.9 Å². The summed E-state index contributed by atoms with van der Waals surface area (Å²) < 4.78 is 20.3. The number of carbonyl (C=O) groups is 1. The predicted octanol–water partition coefficient (Wildman–Crippen LogP) is 1.91. The molecule has 0 aliphatic rings. The van der Waals surface area contributed by atoms with Crippen LogP contribution in [-0.2, 0) is 11.3 Å². The third-order valence-corrected chi connectivity index (χ3v) is 3.15. The van der Waals surface area contributed by atoms with E-state index in [4.69, 9.17) is 4.74 Å². The fraction of sp³-hybridized carbons (Fsp3) is 0.250. The van der Waals surface area contributed by atoms with Gasteiger partial charge in [-0.05, 0) is 24.3 Å². The minimum Gasteiger partial charge on any atom is -0.460 e. The molecule has 1 aromatic heterocycles. The molecule has 0 aliphatic carbocycles. The number of benzene rings is 1. The molecular formula is C16H17FN2O3. The zero-order valence-corrected chi connectivity index (χ0v) is 12.5. The Bertz CT molecular complexity index is 725. The molecule has 5 nitrogen and oxygen atoms in total. The maximum Gasteiger partial charge on any atom is 0.341 e. The van der Waals surface area contributed by atoms with E-state index in [0.717, 1.165) is 0 Å². The first-order chi connectivity index (χ1) is 10.5. The number of ether oxygens (including phenoxy) is 1. The molecule has 0 atom stereocenters. The minimum absolute atomic E-state index is 0.00236. The molecule has 0 saturated carbocycles. The number of carbonyl (C=O) groups excluding carboxylic acids is 1. The van der Waals surface area contributed by atoms with E-state index in [2.05, 4.69) is 0 Å². The molecule has 0 fully saturated rings. The van der Waals surface area contributed by atoms with Crippen LogP contribution in [0.15, 0.2) is 47.4 Å². The fourth-order valence-corrected chi connectivity index (χ4v) is 1.91. The van der Waals surface area contributed by atoms with Gasteiger partial charge in [-0.3, -0.25) is 4.79 Å². The second kappa shape index (κ2) is 6.89. The molecule has 6 heteroatoms. The maximum absolute atomic E-state index is 13.9. The summed E-state index contributed by atoms with van der Waals surface area (Å²) in [6.07, 6.45) is 1.60. The van der Waals surface area contributed by atoms with Crippen LogP contribution in [-0.4, -0.2) is 31.2 Å². The van der Waals surface area contributed by atoms with Gasteiger partial charge in [0.15, 0.2) is 0 Å². The van der Waals surface area contributed by atoms with Crippen LogP contribution in [0.3, 0.4) is 0 Å². The number of esters is 1. The molecule has 1 aromatic carbocycles. The normalized spacial score (nSPS) is 10.3. The molecule has 2 rings (SSSR count). The van der Waals surface area contributed by atoms with E-state index in [1.54, 1.807) is 43.4 Å². The Kier molecular flexibility index (Phi) is 4.93. The molecule has 0 N–H and O–H groups in total. The van der Waals surface area contributed by atoms with Crippen LogP contribution in [0.1, 0.15) is 10.4 Å². The molecule has 0 saturated heterocycles. The number of aromatic nitrogens is 1. The average Bonchev–Trinajstić information content (AvgIpc) is 2.48. The highest BCUT2D eigenvalue weighted by molar-refractivity contribution is 5.90. The van der Waals surface area contributed by atoms with Gasteiger partial charge >= 0.3 is 5.97 Å². The number of halogens is 1. The molecule has 1 heterocycles. The summed E-state index contributed by atoms with van der Waals surface area (Å²) >= 11 is 0. The van der Waals surface area contributed by atoms with Crippen LogP contribution >= 0.6 is 0 Å². The SMILES string of the molecule is CN(C)c1ccc(C(=O)OCCn2ccccc2=O)c(F)c1. The Morgan fingerprint density at radius 2 is 2.05 bits per heavy atom. The van der Waals surface area contributed by atoms with Gasteiger partial charge in [0.25, 0.3) is 5.56 Å². The average molecular weight is 304 g/mol. The van der Waals surface area contributed by atoms with Crippen molar-refractivity contribution in [2.45, 2.75) is 6.54 Å². The van der Waals surface area contributed by atoms with Crippen molar-refractivity contribution in [3.8, 4) is 0 Å². The summed E-state index contributed by atoms with van der Waals surface area (Å²) in [7, 11) is 3.56. The number of hydrogen-bond acceptors (Lipinski definition) is 4. The summed E-state index contributed by atoms with van der Waals surface area (Å²) in [5.74, 6) is -1.38. The molecular weight excluding hydrogens is 287 g/mol. The number of hydrogen-bond donors (Lipinski definition) is 0. The fourth-order valence-electron chi connectivity index (χ4n) is 1.91. The van der Waals surface area contributed by atoms with Gasteiger partial charge in [0.1, 0.15) is 12.4 Å². The van der Waals surface area contributed by atoms with Crippen LogP contribution in [0.5, 0.6) is 0 Å². The van der Waals surface area contributed by atoms with Crippen molar-refractivity contribution in [1.29, 1.82) is 0 Å². The first-order valence-electron chi connectivity index (χ1n) is 6.78. The Hall–Kier alpha value is -2.63. The van der Waals surface area contributed by atoms with Crippen LogP contribution in [0.2, 0.25) is 0 Å². The molecule has 0 amide bonds. The van der Waals surface area contributed by atoms with E-state index in [0.29, 0.717) is 5.69 Å². The maximum atomic E-state index is 13.9. The van der Waals surface area contributed by atoms with Gasteiger partial charge in [-0.25, -0.2) is 9.18 Å². The summed E-state index contributed by atoms with van der Waals surface area (Å²) in [5, 5.41) is 0. The van der Waals surface area contributed by atoms with E-state index >= 15 is 0 Å². The van der Waals surface area contributed by atoms with E-state index < -0.39 is 11.8 Å². The van der Waals surface area contributed by atoms with Crippen molar-refractivity contribution >= 4 is 11.7 Å². The molecule has 2 aromatic rings. The second-order valence-electron chi connectivity index (χ2n) is 4.93. The van der Waals surface area contributed by atoms with Crippen molar-refractivity contribution in [2.75, 3.05) is 25.6 Å². The second-order valence-corrected chi connectivity index (χ2v) is 4.93. The van der Waals surface area contributed by atoms with Crippen LogP contribution in [0.25, 0.3) is 0 Å². The van der Waals surface area contributed by atoms with Gasteiger partial charge in [-0.1, -0.05) is 6.07 Å². The number of nitrogens with zero attached hydrogens (tertiary/aromatic N) is 2. The smallest absolute Gasteiger partial charge is 0.341 e. The molecule has 0 unspecified atom stereocenters. The van der Waals surface area contributed by atoms with Gasteiger partial charge in [0.05, 0.1) is 12.1 Å². The van der Waals surface area contributed by atoms with Crippen LogP contribution < -0.4 is 10.5 Å². The van der Waals surface area contributed by atoms with Gasteiger partial charge in [-0.2, -0.15) is 0 Å². The first-order valence-corrected chi connectivity index (χ1v) is 6.78. The summed E-state index contributed by atoms with van der Waals surface area (Å²) in [4.78, 5) is 25.1. The standard InChI is InChI=1S/C16H17FN2O3/c1-18(2)12-6-7-13(14(17)11-12)16(21)22-10-9-19-8-4-3-5-15(19)20/h3-8,11H,9-10H2,1-2H3. The third kappa shape index (κ3) is 3.72. The van der Waals surface area contributed by atoms with Crippen LogP contribution in [0.4, 0.5) is 10.1 Å². The minimum atomic E-state index is -0.744. The number of anilines is 1. The van der Waals surface area contributed by atoms with E-state index in [1.165, 1.54) is 22.8 Å². The van der Waals surface area contributed by atoms with Gasteiger partial charge in [0, 0.05) is 32.0 Å². The molecule has 0 aliphatic heterocycles. The molecule has 0 bridgehead atoms. The van der Waals surface area contributed by atoms with E-state index in [-0.39, 0.29) is 24.3 Å². The highest BCUT2D eigenvalue weighted by Gasteiger charge is 2.14. The van der Waals surface area contributed by atoms with Crippen molar-refractivity contribution in [3.05, 3.63) is 64.3 Å². The lowest BCUT2D eigenvalue weighted by Gasteiger charge is -2.13. The molecule has 22 heavy (non-hydrogen) atoms. The van der Waals surface area contributed by atoms with Gasteiger partial charge < -0.3 is 14.2 Å². The predicted molar refractivity (Wildman–Crippen MR) is 81.7 cm³/mol.